The van der Waals surface area contributed by atoms with Gasteiger partial charge in [-0.15, -0.1) is 6.42 Å². The molecule has 1 saturated carbocycles. The van der Waals surface area contributed by atoms with Gasteiger partial charge in [0.25, 0.3) is 5.91 Å². The first-order valence-corrected chi connectivity index (χ1v) is 8.35. The molecule has 5 nitrogen and oxygen atoms in total. The molecule has 0 spiro atoms. The smallest absolute Gasteiger partial charge is 0.251 e. The lowest BCUT2D eigenvalue weighted by atomic mass is 10.2. The average Bonchev–Trinajstić information content (AvgIpc) is 2.98. The summed E-state index contributed by atoms with van der Waals surface area (Å²) in [4.78, 5) is 12.2. The molecule has 2 rings (SSSR count). The van der Waals surface area contributed by atoms with E-state index in [9.17, 15) is 13.2 Å². The summed E-state index contributed by atoms with van der Waals surface area (Å²) in [6.45, 7) is -0.0825. The van der Waals surface area contributed by atoms with E-state index in [1.165, 1.54) is 12.1 Å². The number of rotatable bonds is 5. The number of hydrogen-bond acceptors (Lipinski definition) is 3. The molecule has 0 atom stereocenters. The molecule has 112 valence electrons. The van der Waals surface area contributed by atoms with Crippen LogP contribution in [0.4, 0.5) is 0 Å². The van der Waals surface area contributed by atoms with Gasteiger partial charge in [-0.2, -0.15) is 4.72 Å². The van der Waals surface area contributed by atoms with Crippen molar-refractivity contribution in [1.82, 2.24) is 10.0 Å². The maximum absolute atomic E-state index is 12.1. The van der Waals surface area contributed by atoms with E-state index in [4.69, 9.17) is 6.42 Å². The minimum absolute atomic E-state index is 0.0387. The van der Waals surface area contributed by atoms with Crippen LogP contribution in [0.5, 0.6) is 0 Å². The van der Waals surface area contributed by atoms with Crippen LogP contribution in [0.3, 0.4) is 0 Å². The summed E-state index contributed by atoms with van der Waals surface area (Å²) >= 11 is 0. The summed E-state index contributed by atoms with van der Waals surface area (Å²) in [5, 5.41) is 2.93. The number of nitrogens with one attached hydrogen (secondary N) is 2. The second-order valence-corrected chi connectivity index (χ2v) is 6.78. The number of terminal acetylenes is 1. The number of hydrogen-bond donors (Lipinski definition) is 2. The number of amides is 1. The summed E-state index contributed by atoms with van der Waals surface area (Å²) < 4.78 is 26.2. The van der Waals surface area contributed by atoms with Gasteiger partial charge in [0.2, 0.25) is 10.0 Å². The Hall–Kier alpha value is -1.84. The molecule has 0 heterocycles. The Morgan fingerprint density at radius 3 is 2.71 bits per heavy atom. The van der Waals surface area contributed by atoms with Crippen molar-refractivity contribution in [2.24, 2.45) is 0 Å². The molecule has 0 saturated heterocycles. The van der Waals surface area contributed by atoms with Crippen molar-refractivity contribution in [1.29, 1.82) is 0 Å². The van der Waals surface area contributed by atoms with Crippen molar-refractivity contribution in [2.75, 3.05) is 6.54 Å². The molecular formula is C15H18N2O3S. The van der Waals surface area contributed by atoms with E-state index < -0.39 is 10.0 Å². The summed E-state index contributed by atoms with van der Waals surface area (Å²) in [5.74, 6) is 1.97. The van der Waals surface area contributed by atoms with Crippen molar-refractivity contribution < 1.29 is 13.2 Å². The Labute approximate surface area is 125 Å². The van der Waals surface area contributed by atoms with E-state index in [-0.39, 0.29) is 23.4 Å². The van der Waals surface area contributed by atoms with Gasteiger partial charge in [-0.25, -0.2) is 8.42 Å². The third kappa shape index (κ3) is 4.06. The number of sulfonamides is 1. The van der Waals surface area contributed by atoms with Gasteiger partial charge in [0.15, 0.2) is 0 Å². The van der Waals surface area contributed by atoms with Crippen molar-refractivity contribution in [2.45, 2.75) is 36.6 Å². The maximum atomic E-state index is 12.1. The largest absolute Gasteiger partial charge is 0.349 e. The van der Waals surface area contributed by atoms with Gasteiger partial charge >= 0.3 is 0 Å². The molecule has 1 amide bonds. The molecule has 1 aromatic rings. The zero-order valence-corrected chi connectivity index (χ0v) is 12.4. The average molecular weight is 306 g/mol. The fourth-order valence-corrected chi connectivity index (χ4v) is 3.34. The predicted molar refractivity (Wildman–Crippen MR) is 80.2 cm³/mol. The van der Waals surface area contributed by atoms with Gasteiger partial charge in [0, 0.05) is 11.6 Å². The minimum Gasteiger partial charge on any atom is -0.349 e. The standard InChI is InChI=1S/C15H18N2O3S/c1-2-10-16-21(19,20)14-9-5-6-12(11-14)15(18)17-13-7-3-4-8-13/h1,5-6,9,11,13,16H,3-4,7-8,10H2,(H,17,18). The van der Waals surface area contributed by atoms with Crippen molar-refractivity contribution in [3.8, 4) is 12.3 Å². The van der Waals surface area contributed by atoms with Crippen LogP contribution in [-0.4, -0.2) is 26.9 Å². The van der Waals surface area contributed by atoms with Crippen LogP contribution < -0.4 is 10.0 Å². The van der Waals surface area contributed by atoms with E-state index in [0.29, 0.717) is 5.56 Å². The number of carbonyl (C=O) groups is 1. The topological polar surface area (TPSA) is 75.3 Å². The maximum Gasteiger partial charge on any atom is 0.251 e. The highest BCUT2D eigenvalue weighted by Crippen LogP contribution is 2.18. The Bertz CT molecular complexity index is 656. The van der Waals surface area contributed by atoms with E-state index in [0.717, 1.165) is 25.7 Å². The molecule has 0 radical (unpaired) electrons. The number of carbonyl (C=O) groups excluding carboxylic acids is 1. The lowest BCUT2D eigenvalue weighted by Gasteiger charge is -2.12. The summed E-state index contributed by atoms with van der Waals surface area (Å²) in [5.41, 5.74) is 0.338. The molecule has 6 heteroatoms. The normalized spacial score (nSPS) is 15.6. The van der Waals surface area contributed by atoms with Gasteiger partial charge < -0.3 is 5.32 Å². The molecule has 1 aromatic carbocycles. The highest BCUT2D eigenvalue weighted by molar-refractivity contribution is 7.89. The van der Waals surface area contributed by atoms with Crippen LogP contribution in [0.15, 0.2) is 29.2 Å². The molecule has 0 unspecified atom stereocenters. The number of benzene rings is 1. The third-order valence-electron chi connectivity index (χ3n) is 3.46. The summed E-state index contributed by atoms with van der Waals surface area (Å²) in [7, 11) is -3.68. The fraction of sp³-hybridized carbons (Fsp3) is 0.400. The highest BCUT2D eigenvalue weighted by atomic mass is 32.2. The monoisotopic (exact) mass is 306 g/mol. The minimum atomic E-state index is -3.68. The zero-order chi connectivity index (χ0) is 15.3. The molecule has 1 fully saturated rings. The molecule has 2 N–H and O–H groups in total. The Balaban J connectivity index is 2.13. The quantitative estimate of drug-likeness (QED) is 0.805. The second-order valence-electron chi connectivity index (χ2n) is 5.01. The first-order valence-electron chi connectivity index (χ1n) is 6.87. The van der Waals surface area contributed by atoms with E-state index in [1.807, 2.05) is 0 Å². The van der Waals surface area contributed by atoms with Crippen LogP contribution in [-0.2, 0) is 10.0 Å². The van der Waals surface area contributed by atoms with Gasteiger partial charge in [-0.1, -0.05) is 24.8 Å². The van der Waals surface area contributed by atoms with Gasteiger partial charge in [-0.3, -0.25) is 4.79 Å². The SMILES string of the molecule is C#CCNS(=O)(=O)c1cccc(C(=O)NC2CCCC2)c1. The van der Waals surface area contributed by atoms with Crippen LogP contribution in [0.2, 0.25) is 0 Å². The van der Waals surface area contributed by atoms with Gasteiger partial charge in [0.1, 0.15) is 0 Å². The Morgan fingerprint density at radius 1 is 1.33 bits per heavy atom. The molecule has 0 bridgehead atoms. The highest BCUT2D eigenvalue weighted by Gasteiger charge is 2.19. The van der Waals surface area contributed by atoms with Crippen molar-refractivity contribution >= 4 is 15.9 Å². The third-order valence-corrected chi connectivity index (χ3v) is 4.86. The molecule has 0 aromatic heterocycles. The van der Waals surface area contributed by atoms with Crippen molar-refractivity contribution in [3.05, 3.63) is 29.8 Å². The second kappa shape index (κ2) is 6.74. The van der Waals surface area contributed by atoms with Crippen LogP contribution in [0, 0.1) is 12.3 Å². The molecule has 1 aliphatic carbocycles. The van der Waals surface area contributed by atoms with Gasteiger partial charge in [-0.05, 0) is 31.0 Å². The Kier molecular flexibility index (Phi) is 4.99. The van der Waals surface area contributed by atoms with E-state index in [1.54, 1.807) is 12.1 Å². The summed E-state index contributed by atoms with van der Waals surface area (Å²) in [6.07, 6.45) is 9.24. The predicted octanol–water partition coefficient (Wildman–Crippen LogP) is 1.27. The van der Waals surface area contributed by atoms with Crippen molar-refractivity contribution in [3.63, 3.8) is 0 Å². The molecule has 21 heavy (non-hydrogen) atoms. The molecule has 0 aliphatic heterocycles. The molecule has 1 aliphatic rings. The lowest BCUT2D eigenvalue weighted by Crippen LogP contribution is -2.32. The lowest BCUT2D eigenvalue weighted by molar-refractivity contribution is 0.0937. The van der Waals surface area contributed by atoms with E-state index in [2.05, 4.69) is 16.0 Å². The van der Waals surface area contributed by atoms with Gasteiger partial charge in [0.05, 0.1) is 11.4 Å². The summed E-state index contributed by atoms with van der Waals surface area (Å²) in [6, 6.07) is 6.14. The van der Waals surface area contributed by atoms with E-state index >= 15 is 0 Å². The first kappa shape index (κ1) is 15.5. The van der Waals surface area contributed by atoms with Crippen LogP contribution >= 0.6 is 0 Å². The fourth-order valence-electron chi connectivity index (χ4n) is 2.36. The molecular weight excluding hydrogens is 288 g/mol. The first-order chi connectivity index (χ1) is 10.0. The van der Waals surface area contributed by atoms with Crippen LogP contribution in [0.1, 0.15) is 36.0 Å². The van der Waals surface area contributed by atoms with Crippen LogP contribution in [0.25, 0.3) is 0 Å². The Morgan fingerprint density at radius 2 is 2.05 bits per heavy atom. The zero-order valence-electron chi connectivity index (χ0n) is 11.6.